The molecule has 1 aromatic heterocycles. The molecule has 1 fully saturated rings. The highest BCUT2D eigenvalue weighted by atomic mass is 32.2. The highest BCUT2D eigenvalue weighted by Crippen LogP contribution is 2.41. The van der Waals surface area contributed by atoms with Gasteiger partial charge < -0.3 is 5.32 Å². The lowest BCUT2D eigenvalue weighted by atomic mass is 10.1. The zero-order chi connectivity index (χ0) is 19.6. The summed E-state index contributed by atoms with van der Waals surface area (Å²) >= 11 is 1.54. The Balaban J connectivity index is 1.61. The Morgan fingerprint density at radius 2 is 1.68 bits per heavy atom. The molecular weight excluding hydrogens is 392 g/mol. The van der Waals surface area contributed by atoms with Crippen molar-refractivity contribution in [1.29, 1.82) is 0 Å². The summed E-state index contributed by atoms with van der Waals surface area (Å²) < 4.78 is 25.2. The predicted molar refractivity (Wildman–Crippen MR) is 111 cm³/mol. The highest BCUT2D eigenvalue weighted by molar-refractivity contribution is 7.93. The van der Waals surface area contributed by atoms with Crippen LogP contribution in [0.25, 0.3) is 10.6 Å². The van der Waals surface area contributed by atoms with Gasteiger partial charge in [0.05, 0.1) is 4.90 Å². The smallest absolute Gasteiger partial charge is 0.246 e. The van der Waals surface area contributed by atoms with Crippen molar-refractivity contribution in [2.75, 3.05) is 5.32 Å². The van der Waals surface area contributed by atoms with E-state index in [0.29, 0.717) is 18.5 Å². The van der Waals surface area contributed by atoms with Crippen molar-refractivity contribution in [2.45, 2.75) is 35.3 Å². The third-order valence-corrected chi connectivity index (χ3v) is 8.55. The number of amides is 1. The van der Waals surface area contributed by atoms with Crippen LogP contribution < -0.4 is 5.32 Å². The molecule has 0 saturated heterocycles. The van der Waals surface area contributed by atoms with Gasteiger partial charge in [-0.2, -0.15) is 0 Å². The van der Waals surface area contributed by atoms with Gasteiger partial charge in [0, 0.05) is 22.8 Å². The van der Waals surface area contributed by atoms with Crippen LogP contribution >= 0.6 is 11.3 Å². The first-order chi connectivity index (χ1) is 13.5. The van der Waals surface area contributed by atoms with Gasteiger partial charge in [0.2, 0.25) is 5.91 Å². The molecule has 0 aliphatic heterocycles. The number of carbonyl (C=O) groups excluding carboxylic acids is 1. The van der Waals surface area contributed by atoms with Gasteiger partial charge in [-0.15, -0.1) is 11.3 Å². The number of benzene rings is 2. The van der Waals surface area contributed by atoms with Crippen LogP contribution in [-0.4, -0.2) is 24.1 Å². The van der Waals surface area contributed by atoms with Gasteiger partial charge in [0.1, 0.15) is 5.01 Å². The van der Waals surface area contributed by atoms with E-state index in [1.165, 1.54) is 11.3 Å². The molecule has 0 spiro atoms. The first-order valence-electron chi connectivity index (χ1n) is 9.14. The molecule has 2 aromatic carbocycles. The number of anilines is 1. The topological polar surface area (TPSA) is 76.1 Å². The van der Waals surface area contributed by atoms with E-state index in [4.69, 9.17) is 0 Å². The molecule has 1 aliphatic carbocycles. The van der Waals surface area contributed by atoms with Gasteiger partial charge in [-0.05, 0) is 49.2 Å². The summed E-state index contributed by atoms with van der Waals surface area (Å²) in [7, 11) is -3.78. The van der Waals surface area contributed by atoms with Crippen LogP contribution in [0.5, 0.6) is 0 Å². The second-order valence-corrected chi connectivity index (χ2v) is 10.0. The van der Waals surface area contributed by atoms with Crippen LogP contribution in [0.1, 0.15) is 25.7 Å². The maximum Gasteiger partial charge on any atom is 0.246 e. The van der Waals surface area contributed by atoms with Gasteiger partial charge in [-0.1, -0.05) is 31.0 Å². The quantitative estimate of drug-likeness (QED) is 0.668. The molecule has 1 amide bonds. The van der Waals surface area contributed by atoms with Crippen molar-refractivity contribution in [3.63, 3.8) is 0 Å². The van der Waals surface area contributed by atoms with E-state index in [0.717, 1.165) is 23.4 Å². The number of sulfone groups is 1. The molecular formula is C21H20N2O3S2. The van der Waals surface area contributed by atoms with Crippen LogP contribution in [-0.2, 0) is 14.6 Å². The fourth-order valence-electron chi connectivity index (χ4n) is 3.70. The zero-order valence-corrected chi connectivity index (χ0v) is 16.8. The molecule has 144 valence electrons. The van der Waals surface area contributed by atoms with E-state index < -0.39 is 20.5 Å². The number of thiazole rings is 1. The average molecular weight is 413 g/mol. The molecule has 0 atom stereocenters. The minimum absolute atomic E-state index is 0.200. The third-order valence-electron chi connectivity index (χ3n) is 5.21. The van der Waals surface area contributed by atoms with E-state index >= 15 is 0 Å². The maximum absolute atomic E-state index is 13.3. The van der Waals surface area contributed by atoms with E-state index in [9.17, 15) is 13.2 Å². The first-order valence-corrected chi connectivity index (χ1v) is 11.5. The van der Waals surface area contributed by atoms with Gasteiger partial charge in [-0.3, -0.25) is 4.79 Å². The lowest BCUT2D eigenvalue weighted by Gasteiger charge is -2.27. The van der Waals surface area contributed by atoms with Gasteiger partial charge >= 0.3 is 0 Å². The minimum atomic E-state index is -3.78. The molecule has 1 aliphatic rings. The summed E-state index contributed by atoms with van der Waals surface area (Å²) in [5, 5.41) is 5.64. The number of aromatic nitrogens is 1. The molecule has 1 saturated carbocycles. The van der Waals surface area contributed by atoms with Crippen LogP contribution in [0.3, 0.4) is 0 Å². The molecule has 1 N–H and O–H groups in total. The number of hydrogen-bond donors (Lipinski definition) is 1. The molecule has 28 heavy (non-hydrogen) atoms. The summed E-state index contributed by atoms with van der Waals surface area (Å²) in [6, 6.07) is 15.6. The molecule has 3 aromatic rings. The molecule has 4 rings (SSSR count). The van der Waals surface area contributed by atoms with Crippen molar-refractivity contribution >= 4 is 32.8 Å². The Bertz CT molecular complexity index is 1050. The zero-order valence-electron chi connectivity index (χ0n) is 15.2. The van der Waals surface area contributed by atoms with Gasteiger partial charge in [0.25, 0.3) is 0 Å². The monoisotopic (exact) mass is 412 g/mol. The van der Waals surface area contributed by atoms with E-state index in [1.54, 1.807) is 48.7 Å². The summed E-state index contributed by atoms with van der Waals surface area (Å²) in [5.74, 6) is -0.448. The number of nitrogens with zero attached hydrogens (tertiary/aromatic N) is 1. The fourth-order valence-corrected chi connectivity index (χ4v) is 6.43. The number of carbonyl (C=O) groups is 1. The van der Waals surface area contributed by atoms with Gasteiger partial charge in [0.15, 0.2) is 14.6 Å². The minimum Gasteiger partial charge on any atom is -0.325 e. The van der Waals surface area contributed by atoms with Crippen molar-refractivity contribution in [3.8, 4) is 10.6 Å². The summed E-state index contributed by atoms with van der Waals surface area (Å²) in [4.78, 5) is 17.6. The van der Waals surface area contributed by atoms with E-state index in [1.807, 2.05) is 17.5 Å². The van der Waals surface area contributed by atoms with Crippen molar-refractivity contribution in [2.24, 2.45) is 0 Å². The average Bonchev–Trinajstić information content (AvgIpc) is 3.42. The SMILES string of the molecule is O=C(Nc1ccc(-c2nccs2)cc1)C1(S(=O)(=O)c2ccccc2)CCCC1. The summed E-state index contributed by atoms with van der Waals surface area (Å²) in [6.45, 7) is 0. The molecule has 0 unspecified atom stereocenters. The lowest BCUT2D eigenvalue weighted by Crippen LogP contribution is -2.47. The molecule has 1 heterocycles. The Morgan fingerprint density at radius 1 is 1.00 bits per heavy atom. The van der Waals surface area contributed by atoms with E-state index in [2.05, 4.69) is 10.3 Å². The van der Waals surface area contributed by atoms with Crippen LogP contribution in [0.2, 0.25) is 0 Å². The normalized spacial score (nSPS) is 16.0. The highest BCUT2D eigenvalue weighted by Gasteiger charge is 2.52. The summed E-state index contributed by atoms with van der Waals surface area (Å²) in [6.07, 6.45) is 3.87. The molecule has 5 nitrogen and oxygen atoms in total. The third kappa shape index (κ3) is 3.25. The number of hydrogen-bond acceptors (Lipinski definition) is 5. The largest absolute Gasteiger partial charge is 0.325 e. The number of nitrogens with one attached hydrogen (secondary N) is 1. The molecule has 7 heteroatoms. The predicted octanol–water partition coefficient (Wildman–Crippen LogP) is 4.54. The van der Waals surface area contributed by atoms with Crippen molar-refractivity contribution < 1.29 is 13.2 Å². The second-order valence-electron chi connectivity index (χ2n) is 6.89. The van der Waals surface area contributed by atoms with Gasteiger partial charge in [-0.25, -0.2) is 13.4 Å². The van der Waals surface area contributed by atoms with Crippen LogP contribution in [0.15, 0.2) is 71.1 Å². The number of rotatable bonds is 5. The Hall–Kier alpha value is -2.51. The Morgan fingerprint density at radius 3 is 2.29 bits per heavy atom. The summed E-state index contributed by atoms with van der Waals surface area (Å²) in [5.41, 5.74) is 1.54. The van der Waals surface area contributed by atoms with Crippen LogP contribution in [0.4, 0.5) is 5.69 Å². The first kappa shape index (κ1) is 18.8. The van der Waals surface area contributed by atoms with Crippen molar-refractivity contribution in [3.05, 3.63) is 66.2 Å². The van der Waals surface area contributed by atoms with Crippen molar-refractivity contribution in [1.82, 2.24) is 4.98 Å². The Labute approximate surface area is 168 Å². The van der Waals surface area contributed by atoms with Crippen LogP contribution in [0, 0.1) is 0 Å². The standard InChI is InChI=1S/C21H20N2O3S2/c24-20(23-17-10-8-16(9-11-17)19-22-14-15-27-19)21(12-4-5-13-21)28(25,26)18-6-2-1-3-7-18/h1-3,6-11,14-15H,4-5,12-13H2,(H,23,24). The Kier molecular flexibility index (Phi) is 5.03. The van der Waals surface area contributed by atoms with E-state index in [-0.39, 0.29) is 4.90 Å². The second kappa shape index (κ2) is 7.48. The lowest BCUT2D eigenvalue weighted by molar-refractivity contribution is -0.118. The molecule has 0 bridgehead atoms. The molecule has 0 radical (unpaired) electrons. The fraction of sp³-hybridized carbons (Fsp3) is 0.238. The maximum atomic E-state index is 13.3.